The molecule has 0 unspecified atom stereocenters. The van der Waals surface area contributed by atoms with Crippen LogP contribution in [0.2, 0.25) is 0 Å². The molecule has 2 N–H and O–H groups in total. The van der Waals surface area contributed by atoms with Crippen LogP contribution in [-0.2, 0) is 11.3 Å². The Morgan fingerprint density at radius 1 is 1.10 bits per heavy atom. The van der Waals surface area contributed by atoms with Crippen molar-refractivity contribution < 1.29 is 29.3 Å². The Morgan fingerprint density at radius 3 is 2.44 bits per heavy atom. The molecule has 9 heteroatoms. The maximum absolute atomic E-state index is 14.1. The minimum absolute atomic E-state index is 0.0203. The lowest BCUT2D eigenvalue weighted by molar-refractivity contribution is -0.0177. The van der Waals surface area contributed by atoms with E-state index >= 15 is 0 Å². The van der Waals surface area contributed by atoms with Gasteiger partial charge in [0, 0.05) is 51.9 Å². The van der Waals surface area contributed by atoms with Crippen LogP contribution in [0.1, 0.15) is 66.3 Å². The number of carbonyl (C=O) groups is 2. The Hall–Kier alpha value is -3.14. The van der Waals surface area contributed by atoms with Crippen molar-refractivity contribution in [3.8, 4) is 5.75 Å². The van der Waals surface area contributed by atoms with Gasteiger partial charge in [0.25, 0.3) is 5.91 Å². The monoisotopic (exact) mass is 569 g/mol. The first-order chi connectivity index (χ1) is 19.5. The molecule has 0 radical (unpaired) electrons. The van der Waals surface area contributed by atoms with Gasteiger partial charge >= 0.3 is 5.97 Å². The molecular formula is C32H47N3O6. The van der Waals surface area contributed by atoms with Crippen LogP contribution >= 0.6 is 0 Å². The normalized spacial score (nSPS) is 21.5. The largest absolute Gasteiger partial charge is 0.490 e. The molecule has 2 aromatic carbocycles. The molecule has 0 saturated heterocycles. The van der Waals surface area contributed by atoms with Crippen LogP contribution in [-0.4, -0.2) is 97.6 Å². The van der Waals surface area contributed by atoms with Gasteiger partial charge in [-0.1, -0.05) is 19.1 Å². The number of aliphatic hydroxyl groups is 1. The third-order valence-corrected chi connectivity index (χ3v) is 7.70. The van der Waals surface area contributed by atoms with E-state index in [0.717, 1.165) is 30.5 Å². The molecule has 0 fully saturated rings. The summed E-state index contributed by atoms with van der Waals surface area (Å²) in [6.45, 7) is 8.11. The number of carboxylic acids is 1. The number of anilines is 1. The molecule has 41 heavy (non-hydrogen) atoms. The molecule has 1 amide bonds. The maximum Gasteiger partial charge on any atom is 0.335 e. The van der Waals surface area contributed by atoms with E-state index in [-0.39, 0.29) is 36.2 Å². The summed E-state index contributed by atoms with van der Waals surface area (Å²) in [5, 5.41) is 19.3. The molecule has 226 valence electrons. The summed E-state index contributed by atoms with van der Waals surface area (Å²) >= 11 is 0. The summed E-state index contributed by atoms with van der Waals surface area (Å²) in [5.41, 5.74) is 2.67. The van der Waals surface area contributed by atoms with Crippen LogP contribution in [0.5, 0.6) is 5.75 Å². The highest BCUT2D eigenvalue weighted by molar-refractivity contribution is 5.98. The predicted molar refractivity (Wildman–Crippen MR) is 161 cm³/mol. The fourth-order valence-corrected chi connectivity index (χ4v) is 5.09. The van der Waals surface area contributed by atoms with Crippen molar-refractivity contribution >= 4 is 17.6 Å². The van der Waals surface area contributed by atoms with E-state index in [9.17, 15) is 19.8 Å². The van der Waals surface area contributed by atoms with Crippen LogP contribution in [0.4, 0.5) is 5.69 Å². The zero-order chi connectivity index (χ0) is 30.1. The van der Waals surface area contributed by atoms with Crippen molar-refractivity contribution in [2.24, 2.45) is 5.92 Å². The molecule has 0 aromatic heterocycles. The molecule has 4 atom stereocenters. The summed E-state index contributed by atoms with van der Waals surface area (Å²) in [6, 6.07) is 12.2. The van der Waals surface area contributed by atoms with Gasteiger partial charge in [-0.3, -0.25) is 9.69 Å². The maximum atomic E-state index is 14.1. The number of nitrogens with zero attached hydrogens (tertiary/aromatic N) is 3. The highest BCUT2D eigenvalue weighted by Crippen LogP contribution is 2.29. The van der Waals surface area contributed by atoms with Gasteiger partial charge in [0.05, 0.1) is 36.0 Å². The van der Waals surface area contributed by atoms with Crippen molar-refractivity contribution in [1.29, 1.82) is 0 Å². The van der Waals surface area contributed by atoms with Crippen molar-refractivity contribution in [2.75, 3.05) is 52.3 Å². The predicted octanol–water partition coefficient (Wildman–Crippen LogP) is 4.38. The zero-order valence-corrected chi connectivity index (χ0v) is 25.4. The van der Waals surface area contributed by atoms with E-state index in [1.807, 2.05) is 70.2 Å². The first kappa shape index (κ1) is 32.4. The van der Waals surface area contributed by atoms with E-state index in [0.29, 0.717) is 37.6 Å². The Labute approximate surface area is 244 Å². The highest BCUT2D eigenvalue weighted by Gasteiger charge is 2.30. The number of rotatable bonds is 8. The molecule has 0 bridgehead atoms. The standard InChI is InChI=1S/C32H47N3O6/c1-22-18-35(23(2)21-36)31(37)28-17-27(33(4)5)14-15-29(28)41-24(3)9-7-8-16-40-30(22)20-34(6)19-25-10-12-26(13-11-25)32(38)39/h10-15,17,22-24,30,36H,7-9,16,18-21H2,1-6H3,(H,38,39)/t22-,23-,24-,30+/m0/s1. The lowest BCUT2D eigenvalue weighted by atomic mass is 10.0. The number of hydrogen-bond donors (Lipinski definition) is 2. The molecule has 9 nitrogen and oxygen atoms in total. The summed E-state index contributed by atoms with van der Waals surface area (Å²) in [6.07, 6.45) is 2.48. The van der Waals surface area contributed by atoms with Gasteiger partial charge in [0.2, 0.25) is 0 Å². The van der Waals surface area contributed by atoms with Crippen molar-refractivity contribution in [3.05, 3.63) is 59.2 Å². The van der Waals surface area contributed by atoms with Crippen LogP contribution in [0.25, 0.3) is 0 Å². The number of carbonyl (C=O) groups excluding carboxylic acids is 1. The highest BCUT2D eigenvalue weighted by atomic mass is 16.5. The molecule has 3 rings (SSSR count). The number of likely N-dealkylation sites (N-methyl/N-ethyl adjacent to an activating group) is 1. The lowest BCUT2D eigenvalue weighted by Crippen LogP contribution is -2.47. The van der Waals surface area contributed by atoms with E-state index in [1.54, 1.807) is 17.0 Å². The molecule has 1 aliphatic heterocycles. The summed E-state index contributed by atoms with van der Waals surface area (Å²) in [5.74, 6) is -0.570. The van der Waals surface area contributed by atoms with E-state index in [1.165, 1.54) is 0 Å². The van der Waals surface area contributed by atoms with Gasteiger partial charge < -0.3 is 29.5 Å². The fraction of sp³-hybridized carbons (Fsp3) is 0.562. The molecule has 2 aromatic rings. The average molecular weight is 570 g/mol. The second kappa shape index (κ2) is 15.2. The van der Waals surface area contributed by atoms with Crippen LogP contribution in [0.15, 0.2) is 42.5 Å². The van der Waals surface area contributed by atoms with Gasteiger partial charge in [-0.25, -0.2) is 4.79 Å². The molecule has 1 heterocycles. The van der Waals surface area contributed by atoms with Crippen molar-refractivity contribution in [2.45, 2.75) is 64.8 Å². The van der Waals surface area contributed by atoms with Crippen LogP contribution in [0, 0.1) is 5.92 Å². The van der Waals surface area contributed by atoms with Gasteiger partial charge in [-0.05, 0) is 76.1 Å². The Balaban J connectivity index is 1.87. The SMILES string of the molecule is C[C@H]1CCCCO[C@H](CN(C)Cc2ccc(C(=O)O)cc2)[C@@H](C)CN([C@@H](C)CO)C(=O)c2cc(N(C)C)ccc2O1. The summed E-state index contributed by atoms with van der Waals surface area (Å²) in [4.78, 5) is 31.2. The number of ether oxygens (including phenoxy) is 2. The second-order valence-electron chi connectivity index (χ2n) is 11.6. The second-order valence-corrected chi connectivity index (χ2v) is 11.6. The van der Waals surface area contributed by atoms with E-state index in [2.05, 4.69) is 11.8 Å². The van der Waals surface area contributed by atoms with Gasteiger partial charge in [-0.15, -0.1) is 0 Å². The molecule has 0 saturated carbocycles. The number of benzene rings is 2. The topological polar surface area (TPSA) is 103 Å². The third kappa shape index (κ3) is 9.18. The lowest BCUT2D eigenvalue weighted by Gasteiger charge is -2.36. The number of fused-ring (bicyclic) bond motifs is 1. The van der Waals surface area contributed by atoms with Crippen molar-refractivity contribution in [1.82, 2.24) is 9.80 Å². The van der Waals surface area contributed by atoms with E-state index in [4.69, 9.17) is 9.47 Å². The number of hydrogen-bond acceptors (Lipinski definition) is 7. The average Bonchev–Trinajstić information content (AvgIpc) is 2.94. The minimum Gasteiger partial charge on any atom is -0.490 e. The first-order valence-electron chi connectivity index (χ1n) is 14.5. The Bertz CT molecular complexity index is 1140. The quantitative estimate of drug-likeness (QED) is 0.483. The number of aliphatic hydroxyl groups excluding tert-OH is 1. The molecule has 1 aliphatic rings. The first-order valence-corrected chi connectivity index (χ1v) is 14.5. The number of carboxylic acid groups (broad SMARTS) is 1. The third-order valence-electron chi connectivity index (χ3n) is 7.70. The van der Waals surface area contributed by atoms with Gasteiger partial charge in [-0.2, -0.15) is 0 Å². The smallest absolute Gasteiger partial charge is 0.335 e. The van der Waals surface area contributed by atoms with Gasteiger partial charge in [0.1, 0.15) is 5.75 Å². The summed E-state index contributed by atoms with van der Waals surface area (Å²) in [7, 11) is 5.89. The fourth-order valence-electron chi connectivity index (χ4n) is 5.09. The minimum atomic E-state index is -0.940. The Morgan fingerprint density at radius 2 is 1.80 bits per heavy atom. The van der Waals surface area contributed by atoms with Crippen molar-refractivity contribution in [3.63, 3.8) is 0 Å². The van der Waals surface area contributed by atoms with Crippen LogP contribution < -0.4 is 9.64 Å². The molecule has 0 spiro atoms. The zero-order valence-electron chi connectivity index (χ0n) is 25.4. The van der Waals surface area contributed by atoms with Gasteiger partial charge in [0.15, 0.2) is 0 Å². The molecular weight excluding hydrogens is 522 g/mol. The van der Waals surface area contributed by atoms with E-state index < -0.39 is 12.0 Å². The molecule has 0 aliphatic carbocycles. The summed E-state index contributed by atoms with van der Waals surface area (Å²) < 4.78 is 12.7. The van der Waals surface area contributed by atoms with Crippen LogP contribution in [0.3, 0.4) is 0 Å². The number of aromatic carboxylic acids is 1. The number of amides is 1. The Kier molecular flexibility index (Phi) is 12.0.